The van der Waals surface area contributed by atoms with Gasteiger partial charge in [0.2, 0.25) is 0 Å². The summed E-state index contributed by atoms with van der Waals surface area (Å²) in [5, 5.41) is 10.6. The van der Waals surface area contributed by atoms with Crippen LogP contribution in [0.1, 0.15) is 10.4 Å². The quantitative estimate of drug-likeness (QED) is 0.911. The minimum atomic E-state index is -3.84. The zero-order valence-electron chi connectivity index (χ0n) is 10.0. The molecular formula is C13H9FNO4S-. The number of carbonyl (C=O) groups excluding carboxylic acids is 1. The maximum atomic E-state index is 12.7. The van der Waals surface area contributed by atoms with Gasteiger partial charge in [-0.3, -0.25) is 4.72 Å². The van der Waals surface area contributed by atoms with Crippen LogP contribution in [0.5, 0.6) is 0 Å². The molecule has 0 radical (unpaired) electrons. The number of rotatable bonds is 4. The summed E-state index contributed by atoms with van der Waals surface area (Å²) < 4.78 is 38.9. The predicted octanol–water partition coefficient (Wildman–Crippen LogP) is 0.990. The van der Waals surface area contributed by atoms with Crippen LogP contribution in [0.4, 0.5) is 10.1 Å². The molecule has 20 heavy (non-hydrogen) atoms. The van der Waals surface area contributed by atoms with Crippen molar-refractivity contribution in [3.8, 4) is 0 Å². The Kier molecular flexibility index (Phi) is 3.71. The maximum absolute atomic E-state index is 12.7. The average molecular weight is 294 g/mol. The number of carbonyl (C=O) groups is 1. The lowest BCUT2D eigenvalue weighted by atomic mass is 10.2. The number of hydrogen-bond donors (Lipinski definition) is 1. The number of hydrogen-bond acceptors (Lipinski definition) is 4. The molecule has 0 heterocycles. The minimum absolute atomic E-state index is 0.0604. The van der Waals surface area contributed by atoms with E-state index in [0.29, 0.717) is 0 Å². The molecule has 0 saturated carbocycles. The third-order valence-corrected chi connectivity index (χ3v) is 3.89. The lowest BCUT2D eigenvalue weighted by Gasteiger charge is -2.09. The highest BCUT2D eigenvalue weighted by Gasteiger charge is 2.13. The number of carboxylic acids is 1. The van der Waals surface area contributed by atoms with Crippen molar-refractivity contribution in [2.75, 3.05) is 4.72 Å². The van der Waals surface area contributed by atoms with Crippen LogP contribution in [0.25, 0.3) is 0 Å². The molecule has 0 spiro atoms. The molecular weight excluding hydrogens is 285 g/mol. The van der Waals surface area contributed by atoms with Crippen molar-refractivity contribution in [1.29, 1.82) is 0 Å². The molecule has 0 aliphatic carbocycles. The van der Waals surface area contributed by atoms with Crippen LogP contribution >= 0.6 is 0 Å². The van der Waals surface area contributed by atoms with E-state index >= 15 is 0 Å². The molecule has 104 valence electrons. The van der Waals surface area contributed by atoms with Crippen molar-refractivity contribution in [3.05, 3.63) is 59.9 Å². The molecule has 0 unspecified atom stereocenters. The van der Waals surface area contributed by atoms with Crippen LogP contribution in [-0.4, -0.2) is 14.4 Å². The third-order valence-electron chi connectivity index (χ3n) is 2.50. The van der Waals surface area contributed by atoms with Gasteiger partial charge in [0.15, 0.2) is 0 Å². The van der Waals surface area contributed by atoms with Gasteiger partial charge in [-0.25, -0.2) is 12.8 Å². The standard InChI is InChI=1S/C13H10FNO4S/c14-10-3-7-12(8-4-10)20(18,19)15-11-5-1-9(2-6-11)13(16)17/h1-8,15H,(H,16,17)/p-1. The molecule has 0 fully saturated rings. The smallest absolute Gasteiger partial charge is 0.261 e. The summed E-state index contributed by atoms with van der Waals surface area (Å²) in [4.78, 5) is 10.5. The van der Waals surface area contributed by atoms with E-state index in [1.807, 2.05) is 0 Å². The number of nitrogens with one attached hydrogen (secondary N) is 1. The molecule has 0 bridgehead atoms. The van der Waals surface area contributed by atoms with E-state index in [4.69, 9.17) is 0 Å². The highest BCUT2D eigenvalue weighted by atomic mass is 32.2. The largest absolute Gasteiger partial charge is 0.545 e. The molecule has 2 aromatic rings. The Labute approximate surface area is 114 Å². The summed E-state index contributed by atoms with van der Waals surface area (Å²) in [6.07, 6.45) is 0. The molecule has 7 heteroatoms. The Morgan fingerprint density at radius 1 is 1.00 bits per heavy atom. The molecule has 0 aliphatic heterocycles. The second kappa shape index (κ2) is 5.30. The van der Waals surface area contributed by atoms with Crippen molar-refractivity contribution >= 4 is 21.7 Å². The highest BCUT2D eigenvalue weighted by molar-refractivity contribution is 7.92. The Morgan fingerprint density at radius 3 is 2.05 bits per heavy atom. The summed E-state index contributed by atoms with van der Waals surface area (Å²) in [7, 11) is -3.84. The molecule has 0 atom stereocenters. The summed E-state index contributed by atoms with van der Waals surface area (Å²) >= 11 is 0. The van der Waals surface area contributed by atoms with Crippen molar-refractivity contribution in [1.82, 2.24) is 0 Å². The number of carboxylic acid groups (broad SMARTS) is 1. The lowest BCUT2D eigenvalue weighted by molar-refractivity contribution is -0.255. The Morgan fingerprint density at radius 2 is 1.55 bits per heavy atom. The zero-order valence-corrected chi connectivity index (χ0v) is 10.9. The predicted molar refractivity (Wildman–Crippen MR) is 68.0 cm³/mol. The van der Waals surface area contributed by atoms with Crippen molar-refractivity contribution in [2.45, 2.75) is 4.90 Å². The SMILES string of the molecule is O=C([O-])c1ccc(NS(=O)(=O)c2ccc(F)cc2)cc1. The van der Waals surface area contributed by atoms with Gasteiger partial charge in [0.1, 0.15) is 5.82 Å². The van der Waals surface area contributed by atoms with E-state index in [9.17, 15) is 22.7 Å². The van der Waals surface area contributed by atoms with Crippen molar-refractivity contribution in [3.63, 3.8) is 0 Å². The topological polar surface area (TPSA) is 86.3 Å². The Bertz CT molecular complexity index is 724. The number of aromatic carboxylic acids is 1. The average Bonchev–Trinajstić information content (AvgIpc) is 2.39. The number of halogens is 1. The minimum Gasteiger partial charge on any atom is -0.545 e. The van der Waals surface area contributed by atoms with Gasteiger partial charge in [0, 0.05) is 5.69 Å². The van der Waals surface area contributed by atoms with Crippen LogP contribution in [0.2, 0.25) is 0 Å². The van der Waals surface area contributed by atoms with Crippen molar-refractivity contribution < 1.29 is 22.7 Å². The van der Waals surface area contributed by atoms with E-state index in [1.165, 1.54) is 24.3 Å². The summed E-state index contributed by atoms with van der Waals surface area (Å²) in [5.41, 5.74) is 0.133. The number of benzene rings is 2. The van der Waals surface area contributed by atoms with E-state index in [1.54, 1.807) is 0 Å². The van der Waals surface area contributed by atoms with E-state index < -0.39 is 21.8 Å². The van der Waals surface area contributed by atoms with Gasteiger partial charge < -0.3 is 9.90 Å². The molecule has 0 saturated heterocycles. The van der Waals surface area contributed by atoms with E-state index in [2.05, 4.69) is 4.72 Å². The Hall–Kier alpha value is -2.41. The fraction of sp³-hybridized carbons (Fsp3) is 0. The fourth-order valence-electron chi connectivity index (χ4n) is 1.50. The van der Waals surface area contributed by atoms with E-state index in [-0.39, 0.29) is 16.1 Å². The fourth-order valence-corrected chi connectivity index (χ4v) is 2.56. The van der Waals surface area contributed by atoms with Gasteiger partial charge in [-0.1, -0.05) is 12.1 Å². The van der Waals surface area contributed by atoms with Gasteiger partial charge in [-0.05, 0) is 42.0 Å². The highest BCUT2D eigenvalue weighted by Crippen LogP contribution is 2.16. The Balaban J connectivity index is 2.24. The van der Waals surface area contributed by atoms with Crippen LogP contribution in [0.15, 0.2) is 53.4 Å². The molecule has 0 aromatic heterocycles. The monoisotopic (exact) mass is 294 g/mol. The first-order valence-electron chi connectivity index (χ1n) is 5.48. The zero-order chi connectivity index (χ0) is 14.8. The molecule has 1 N–H and O–H groups in total. The number of anilines is 1. The second-order valence-corrected chi connectivity index (χ2v) is 5.61. The van der Waals surface area contributed by atoms with Crippen LogP contribution in [-0.2, 0) is 10.0 Å². The summed E-state index contributed by atoms with van der Waals surface area (Å²) in [5.74, 6) is -1.89. The van der Waals surface area contributed by atoms with Gasteiger partial charge >= 0.3 is 0 Å². The maximum Gasteiger partial charge on any atom is 0.261 e. The van der Waals surface area contributed by atoms with Gasteiger partial charge in [-0.15, -0.1) is 0 Å². The molecule has 0 amide bonds. The first-order chi connectivity index (χ1) is 9.38. The van der Waals surface area contributed by atoms with Crippen molar-refractivity contribution in [2.24, 2.45) is 0 Å². The lowest BCUT2D eigenvalue weighted by Crippen LogP contribution is -2.22. The molecule has 5 nitrogen and oxygen atoms in total. The first-order valence-corrected chi connectivity index (χ1v) is 6.96. The second-order valence-electron chi connectivity index (χ2n) is 3.92. The van der Waals surface area contributed by atoms with Gasteiger partial charge in [0.05, 0.1) is 10.9 Å². The van der Waals surface area contributed by atoms with Crippen LogP contribution in [0.3, 0.4) is 0 Å². The summed E-state index contributed by atoms with van der Waals surface area (Å²) in [6, 6.07) is 9.37. The molecule has 2 rings (SSSR count). The van der Waals surface area contributed by atoms with Gasteiger partial charge in [0.25, 0.3) is 10.0 Å². The van der Waals surface area contributed by atoms with E-state index in [0.717, 1.165) is 24.3 Å². The number of sulfonamides is 1. The first kappa shape index (κ1) is 14.0. The molecule has 2 aromatic carbocycles. The summed E-state index contributed by atoms with van der Waals surface area (Å²) in [6.45, 7) is 0. The van der Waals surface area contributed by atoms with Crippen LogP contribution in [0, 0.1) is 5.82 Å². The van der Waals surface area contributed by atoms with Gasteiger partial charge in [-0.2, -0.15) is 0 Å². The van der Waals surface area contributed by atoms with Crippen LogP contribution < -0.4 is 9.83 Å². The normalized spacial score (nSPS) is 11.1. The third kappa shape index (κ3) is 3.12. The molecule has 0 aliphatic rings.